The molecule has 2 rings (SSSR count). The molecule has 94 valence electrons. The van der Waals surface area contributed by atoms with Gasteiger partial charge in [-0.1, -0.05) is 6.92 Å². The Hall–Kier alpha value is -0.390. The number of halogens is 1. The van der Waals surface area contributed by atoms with E-state index in [1.807, 2.05) is 0 Å². The molecule has 0 spiro atoms. The number of carbonyl (C=O) groups is 1. The molecule has 2 heterocycles. The summed E-state index contributed by atoms with van der Waals surface area (Å²) in [5.41, 5.74) is 0. The van der Waals surface area contributed by atoms with E-state index < -0.39 is 5.97 Å². The van der Waals surface area contributed by atoms with Crippen molar-refractivity contribution in [3.8, 4) is 0 Å². The van der Waals surface area contributed by atoms with Crippen molar-refractivity contribution < 1.29 is 9.90 Å². The molecule has 1 atom stereocenters. The van der Waals surface area contributed by atoms with Gasteiger partial charge in [-0.15, -0.1) is 11.3 Å². The van der Waals surface area contributed by atoms with Crippen LogP contribution in [-0.2, 0) is 11.3 Å². The zero-order chi connectivity index (χ0) is 12.6. The van der Waals surface area contributed by atoms with Gasteiger partial charge in [-0.25, -0.2) is 0 Å². The highest BCUT2D eigenvalue weighted by molar-refractivity contribution is 9.10. The van der Waals surface area contributed by atoms with Crippen LogP contribution in [0.25, 0.3) is 0 Å². The van der Waals surface area contributed by atoms with Crippen molar-refractivity contribution in [3.63, 3.8) is 0 Å². The van der Waals surface area contributed by atoms with Crippen LogP contribution in [0.3, 0.4) is 0 Å². The molecule has 0 radical (unpaired) electrons. The Balaban J connectivity index is 1.83. The quantitative estimate of drug-likeness (QED) is 0.928. The van der Waals surface area contributed by atoms with Crippen LogP contribution in [0.2, 0.25) is 0 Å². The lowest BCUT2D eigenvalue weighted by Crippen LogP contribution is -2.50. The molecular formula is C12H16BrNO2S. The van der Waals surface area contributed by atoms with Crippen LogP contribution in [0.4, 0.5) is 0 Å². The van der Waals surface area contributed by atoms with Gasteiger partial charge in [0.1, 0.15) is 0 Å². The maximum absolute atomic E-state index is 10.8. The molecular weight excluding hydrogens is 302 g/mol. The highest BCUT2D eigenvalue weighted by Gasteiger charge is 2.34. The Morgan fingerprint density at radius 3 is 2.82 bits per heavy atom. The minimum atomic E-state index is -0.677. The highest BCUT2D eigenvalue weighted by atomic mass is 79.9. The molecule has 1 fully saturated rings. The summed E-state index contributed by atoms with van der Waals surface area (Å²) in [6.07, 6.45) is 0. The standard InChI is InChI=1S/C12H16BrNO2S/c1-7(12(15)16)9-4-14(5-9)6-10-3-11(13)8(2)17-10/h3,7,9H,4-6H2,1-2H3,(H,15,16). The molecule has 1 aliphatic rings. The molecule has 1 aliphatic heterocycles. The third kappa shape index (κ3) is 2.89. The fraction of sp³-hybridized carbons (Fsp3) is 0.583. The summed E-state index contributed by atoms with van der Waals surface area (Å²) < 4.78 is 1.17. The summed E-state index contributed by atoms with van der Waals surface area (Å²) in [6, 6.07) is 2.16. The molecule has 3 nitrogen and oxygen atoms in total. The summed E-state index contributed by atoms with van der Waals surface area (Å²) in [7, 11) is 0. The van der Waals surface area contributed by atoms with Gasteiger partial charge < -0.3 is 5.11 Å². The zero-order valence-corrected chi connectivity index (χ0v) is 12.3. The summed E-state index contributed by atoms with van der Waals surface area (Å²) in [5, 5.41) is 8.91. The molecule has 1 saturated heterocycles. The Kier molecular flexibility index (Phi) is 3.90. The topological polar surface area (TPSA) is 40.5 Å². The van der Waals surface area contributed by atoms with Crippen LogP contribution >= 0.6 is 27.3 Å². The van der Waals surface area contributed by atoms with Crippen molar-refractivity contribution in [2.45, 2.75) is 20.4 Å². The van der Waals surface area contributed by atoms with E-state index in [9.17, 15) is 4.79 Å². The van der Waals surface area contributed by atoms with Gasteiger partial charge in [0, 0.05) is 33.9 Å². The average Bonchev–Trinajstić information content (AvgIpc) is 2.50. The molecule has 0 aromatic carbocycles. The molecule has 1 aromatic rings. The van der Waals surface area contributed by atoms with Crippen molar-refractivity contribution in [3.05, 3.63) is 20.3 Å². The summed E-state index contributed by atoms with van der Waals surface area (Å²) in [4.78, 5) is 15.8. The average molecular weight is 318 g/mol. The molecule has 1 N–H and O–H groups in total. The first kappa shape index (κ1) is 13.1. The van der Waals surface area contributed by atoms with Crippen molar-refractivity contribution in [1.82, 2.24) is 4.90 Å². The second-order valence-electron chi connectivity index (χ2n) is 4.70. The van der Waals surface area contributed by atoms with Crippen LogP contribution in [0, 0.1) is 18.8 Å². The van der Waals surface area contributed by atoms with E-state index in [-0.39, 0.29) is 5.92 Å². The zero-order valence-electron chi connectivity index (χ0n) is 9.94. The Morgan fingerprint density at radius 1 is 1.71 bits per heavy atom. The van der Waals surface area contributed by atoms with E-state index in [2.05, 4.69) is 33.8 Å². The number of aliphatic carboxylic acids is 1. The molecule has 0 aliphatic carbocycles. The Labute approximate surface area is 114 Å². The SMILES string of the molecule is Cc1sc(CN2CC(C(C)C(=O)O)C2)cc1Br. The first-order valence-electron chi connectivity index (χ1n) is 5.67. The van der Waals surface area contributed by atoms with E-state index in [4.69, 9.17) is 5.11 Å². The number of rotatable bonds is 4. The Bertz CT molecular complexity index is 407. The maximum Gasteiger partial charge on any atom is 0.306 e. The lowest BCUT2D eigenvalue weighted by atomic mass is 9.87. The van der Waals surface area contributed by atoms with E-state index in [0.29, 0.717) is 5.92 Å². The second-order valence-corrected chi connectivity index (χ2v) is 6.89. The second kappa shape index (κ2) is 5.08. The molecule has 1 aromatic heterocycles. The number of nitrogens with zero attached hydrogens (tertiary/aromatic N) is 1. The minimum Gasteiger partial charge on any atom is -0.481 e. The summed E-state index contributed by atoms with van der Waals surface area (Å²) in [5.74, 6) is -0.579. The van der Waals surface area contributed by atoms with Crippen LogP contribution in [0.15, 0.2) is 10.5 Å². The van der Waals surface area contributed by atoms with Crippen molar-refractivity contribution in [2.75, 3.05) is 13.1 Å². The van der Waals surface area contributed by atoms with Crippen LogP contribution in [-0.4, -0.2) is 29.1 Å². The van der Waals surface area contributed by atoms with E-state index in [1.165, 1.54) is 14.2 Å². The first-order chi connectivity index (χ1) is 7.97. The number of aryl methyl sites for hydroxylation is 1. The van der Waals surface area contributed by atoms with Crippen molar-refractivity contribution in [2.24, 2.45) is 11.8 Å². The molecule has 1 unspecified atom stereocenters. The van der Waals surface area contributed by atoms with Gasteiger partial charge in [-0.3, -0.25) is 9.69 Å². The van der Waals surface area contributed by atoms with Crippen LogP contribution in [0.5, 0.6) is 0 Å². The van der Waals surface area contributed by atoms with Gasteiger partial charge in [0.25, 0.3) is 0 Å². The summed E-state index contributed by atoms with van der Waals surface area (Å²) >= 11 is 5.32. The molecule has 5 heteroatoms. The van der Waals surface area contributed by atoms with E-state index in [0.717, 1.165) is 19.6 Å². The van der Waals surface area contributed by atoms with Crippen molar-refractivity contribution >= 4 is 33.2 Å². The normalized spacial score (nSPS) is 19.0. The number of thiophene rings is 1. The predicted octanol–water partition coefficient (Wildman–Crippen LogP) is 2.97. The molecule has 17 heavy (non-hydrogen) atoms. The van der Waals surface area contributed by atoms with Crippen LogP contribution in [0.1, 0.15) is 16.7 Å². The monoisotopic (exact) mass is 317 g/mol. The highest BCUT2D eigenvalue weighted by Crippen LogP contribution is 2.30. The number of carboxylic acid groups (broad SMARTS) is 1. The van der Waals surface area contributed by atoms with Gasteiger partial charge in [-0.2, -0.15) is 0 Å². The van der Waals surface area contributed by atoms with Crippen molar-refractivity contribution in [1.29, 1.82) is 0 Å². The van der Waals surface area contributed by atoms with Crippen LogP contribution < -0.4 is 0 Å². The molecule has 0 amide bonds. The number of likely N-dealkylation sites (tertiary alicyclic amines) is 1. The fourth-order valence-corrected chi connectivity index (χ4v) is 3.72. The predicted molar refractivity (Wildman–Crippen MR) is 72.3 cm³/mol. The number of carboxylic acids is 1. The smallest absolute Gasteiger partial charge is 0.306 e. The lowest BCUT2D eigenvalue weighted by Gasteiger charge is -2.41. The Morgan fingerprint density at radius 2 is 2.35 bits per heavy atom. The first-order valence-corrected chi connectivity index (χ1v) is 7.28. The van der Waals surface area contributed by atoms with Gasteiger partial charge in [-0.05, 0) is 34.8 Å². The minimum absolute atomic E-state index is 0.219. The summed E-state index contributed by atoms with van der Waals surface area (Å²) in [6.45, 7) is 6.66. The van der Waals surface area contributed by atoms with Gasteiger partial charge >= 0.3 is 5.97 Å². The van der Waals surface area contributed by atoms with Gasteiger partial charge in [0.2, 0.25) is 0 Å². The van der Waals surface area contributed by atoms with E-state index in [1.54, 1.807) is 18.3 Å². The third-order valence-electron chi connectivity index (χ3n) is 3.37. The fourth-order valence-electron chi connectivity index (χ4n) is 2.07. The number of hydrogen-bond donors (Lipinski definition) is 1. The van der Waals surface area contributed by atoms with Gasteiger partial charge in [0.15, 0.2) is 0 Å². The number of hydrogen-bond acceptors (Lipinski definition) is 3. The lowest BCUT2D eigenvalue weighted by molar-refractivity contribution is -0.145. The van der Waals surface area contributed by atoms with Gasteiger partial charge in [0.05, 0.1) is 5.92 Å². The largest absolute Gasteiger partial charge is 0.481 e. The molecule has 0 bridgehead atoms. The third-order valence-corrected chi connectivity index (χ3v) is 5.49. The van der Waals surface area contributed by atoms with E-state index >= 15 is 0 Å². The maximum atomic E-state index is 10.8. The molecule has 0 saturated carbocycles.